The third-order valence-electron chi connectivity index (χ3n) is 7.42. The van der Waals surface area contributed by atoms with E-state index in [1.54, 1.807) is 11.0 Å². The number of nitrogens with one attached hydrogen (secondary N) is 1. The van der Waals surface area contributed by atoms with Crippen LogP contribution >= 0.6 is 27.5 Å². The Morgan fingerprint density at radius 1 is 1.44 bits per heavy atom. The lowest BCUT2D eigenvalue weighted by atomic mass is 9.72. The molecule has 0 radical (unpaired) electrons. The second-order valence-corrected chi connectivity index (χ2v) is 10.4. The van der Waals surface area contributed by atoms with E-state index >= 15 is 4.39 Å². The van der Waals surface area contributed by atoms with Crippen molar-refractivity contribution in [1.29, 1.82) is 0 Å². The fourth-order valence-corrected chi connectivity index (χ4v) is 5.92. The van der Waals surface area contributed by atoms with Crippen molar-refractivity contribution in [1.82, 2.24) is 14.8 Å². The average molecular weight is 552 g/mol. The second kappa shape index (κ2) is 8.77. The molecule has 2 aromatic rings. The lowest BCUT2D eigenvalue weighted by Crippen LogP contribution is -2.48. The summed E-state index contributed by atoms with van der Waals surface area (Å²) in [5.74, 6) is -0.742. The molecule has 0 bridgehead atoms. The first kappa shape index (κ1) is 23.5. The molecular formula is C24H25BrClFN4O3. The summed E-state index contributed by atoms with van der Waals surface area (Å²) in [5.41, 5.74) is 0.293. The van der Waals surface area contributed by atoms with Crippen molar-refractivity contribution in [2.45, 2.75) is 37.1 Å². The molecule has 7 nitrogen and oxygen atoms in total. The number of hydrogen-bond donors (Lipinski definition) is 1. The Balaban J connectivity index is 1.63. The molecule has 10 heteroatoms. The van der Waals surface area contributed by atoms with E-state index in [4.69, 9.17) is 16.3 Å². The third kappa shape index (κ3) is 3.60. The standard InChI is InChI=1S/C24H25BrClFN4O3/c1-3-16(32)31-9-6-24(7-10-31)17-14-11-15(26)18(25)19(27)20(14)28-22(21(17)29-23(24)33)34-12-13-5-4-8-30(13)2/h3,11,13H,1,4-10,12H2,2H3,(H,29,33)/t13-/m0/s1. The number of amides is 2. The summed E-state index contributed by atoms with van der Waals surface area (Å²) in [6.07, 6.45) is 4.16. The van der Waals surface area contributed by atoms with Crippen molar-refractivity contribution in [3.05, 3.63) is 39.6 Å². The third-order valence-corrected chi connectivity index (χ3v) is 8.72. The zero-order valence-corrected chi connectivity index (χ0v) is 21.1. The summed E-state index contributed by atoms with van der Waals surface area (Å²) >= 11 is 9.53. The highest BCUT2D eigenvalue weighted by molar-refractivity contribution is 9.10. The molecule has 1 N–H and O–H groups in total. The van der Waals surface area contributed by atoms with Crippen molar-refractivity contribution in [3.8, 4) is 5.88 Å². The maximum absolute atomic E-state index is 15.4. The molecule has 3 aliphatic rings. The molecule has 4 heterocycles. The number of rotatable bonds is 4. The van der Waals surface area contributed by atoms with Crippen LogP contribution in [0.4, 0.5) is 10.1 Å². The minimum Gasteiger partial charge on any atom is -0.475 e. The van der Waals surface area contributed by atoms with Crippen LogP contribution in [-0.4, -0.2) is 65.9 Å². The number of ether oxygens (including phenoxy) is 1. The predicted octanol–water partition coefficient (Wildman–Crippen LogP) is 4.26. The van der Waals surface area contributed by atoms with E-state index in [-0.39, 0.29) is 38.7 Å². The van der Waals surface area contributed by atoms with E-state index in [1.165, 1.54) is 6.08 Å². The van der Waals surface area contributed by atoms with E-state index in [9.17, 15) is 9.59 Å². The van der Waals surface area contributed by atoms with Gasteiger partial charge in [-0.05, 0) is 67.3 Å². The summed E-state index contributed by atoms with van der Waals surface area (Å²) in [7, 11) is 2.05. The van der Waals surface area contributed by atoms with Gasteiger partial charge in [-0.25, -0.2) is 9.37 Å². The highest BCUT2D eigenvalue weighted by atomic mass is 79.9. The molecule has 5 rings (SSSR count). The van der Waals surface area contributed by atoms with Crippen LogP contribution in [0.5, 0.6) is 5.88 Å². The summed E-state index contributed by atoms with van der Waals surface area (Å²) < 4.78 is 21.6. The topological polar surface area (TPSA) is 74.8 Å². The number of aromatic nitrogens is 1. The van der Waals surface area contributed by atoms with Gasteiger partial charge in [0.05, 0.1) is 14.9 Å². The Hall–Kier alpha value is -2.23. The Morgan fingerprint density at radius 3 is 2.82 bits per heavy atom. The van der Waals surface area contributed by atoms with E-state index in [0.717, 1.165) is 19.4 Å². The van der Waals surface area contributed by atoms with Crippen molar-refractivity contribution in [2.75, 3.05) is 38.6 Å². The van der Waals surface area contributed by atoms with Gasteiger partial charge < -0.3 is 19.9 Å². The first-order chi connectivity index (χ1) is 16.3. The van der Waals surface area contributed by atoms with Crippen LogP contribution in [0.3, 0.4) is 0 Å². The monoisotopic (exact) mass is 550 g/mol. The molecule has 1 aromatic carbocycles. The van der Waals surface area contributed by atoms with Gasteiger partial charge in [0, 0.05) is 30.1 Å². The van der Waals surface area contributed by atoms with Crippen LogP contribution in [0, 0.1) is 5.82 Å². The minimum absolute atomic E-state index is 0.102. The normalized spacial score (nSPS) is 21.7. The zero-order valence-electron chi connectivity index (χ0n) is 18.8. The number of fused-ring (bicyclic) bond motifs is 4. The number of carbonyl (C=O) groups excluding carboxylic acids is 2. The largest absolute Gasteiger partial charge is 0.475 e. The number of hydrogen-bond acceptors (Lipinski definition) is 5. The number of piperidine rings is 1. The summed E-state index contributed by atoms with van der Waals surface area (Å²) in [4.78, 5) is 34.0. The van der Waals surface area contributed by atoms with Gasteiger partial charge in [0.25, 0.3) is 0 Å². The lowest BCUT2D eigenvalue weighted by Gasteiger charge is -2.38. The highest BCUT2D eigenvalue weighted by Gasteiger charge is 2.51. The number of halogens is 3. The number of likely N-dealkylation sites (N-methyl/N-ethyl adjacent to an activating group) is 1. The smallest absolute Gasteiger partial charge is 0.245 e. The second-order valence-electron chi connectivity index (χ2n) is 9.20. The van der Waals surface area contributed by atoms with Gasteiger partial charge in [0.1, 0.15) is 17.8 Å². The molecule has 2 saturated heterocycles. The van der Waals surface area contributed by atoms with Crippen LogP contribution in [0.25, 0.3) is 10.9 Å². The van der Waals surface area contributed by atoms with E-state index in [1.807, 2.05) is 7.05 Å². The van der Waals surface area contributed by atoms with Crippen molar-refractivity contribution >= 4 is 55.9 Å². The maximum Gasteiger partial charge on any atom is 0.245 e. The molecule has 1 aromatic heterocycles. The van der Waals surface area contributed by atoms with Gasteiger partial charge in [-0.1, -0.05) is 18.2 Å². The fourth-order valence-electron chi connectivity index (χ4n) is 5.43. The zero-order chi connectivity index (χ0) is 24.2. The predicted molar refractivity (Wildman–Crippen MR) is 132 cm³/mol. The Morgan fingerprint density at radius 2 is 2.18 bits per heavy atom. The molecule has 0 saturated carbocycles. The Labute approximate surface area is 210 Å². The van der Waals surface area contributed by atoms with Gasteiger partial charge in [-0.3, -0.25) is 9.59 Å². The first-order valence-corrected chi connectivity index (χ1v) is 12.5. The van der Waals surface area contributed by atoms with Gasteiger partial charge in [0.2, 0.25) is 17.7 Å². The van der Waals surface area contributed by atoms with E-state index in [2.05, 4.69) is 37.7 Å². The van der Waals surface area contributed by atoms with Gasteiger partial charge in [-0.2, -0.15) is 0 Å². The van der Waals surface area contributed by atoms with Crippen LogP contribution in [0.15, 0.2) is 23.2 Å². The highest BCUT2D eigenvalue weighted by Crippen LogP contribution is 2.52. The summed E-state index contributed by atoms with van der Waals surface area (Å²) in [6.45, 7) is 5.72. The van der Waals surface area contributed by atoms with Crippen LogP contribution in [0.1, 0.15) is 31.2 Å². The van der Waals surface area contributed by atoms with Crippen molar-refractivity contribution in [2.24, 2.45) is 0 Å². The molecule has 180 valence electrons. The molecule has 0 aliphatic carbocycles. The molecule has 1 spiro atoms. The van der Waals surface area contributed by atoms with E-state index in [0.29, 0.717) is 49.2 Å². The molecule has 2 fully saturated rings. The van der Waals surface area contributed by atoms with Gasteiger partial charge in [0.15, 0.2) is 5.82 Å². The van der Waals surface area contributed by atoms with Crippen molar-refractivity contribution in [3.63, 3.8) is 0 Å². The number of nitrogens with zero attached hydrogens (tertiary/aromatic N) is 3. The molecule has 1 atom stereocenters. The SMILES string of the molecule is C=CC(=O)N1CCC2(CC1)C(=O)Nc1c(OC[C@@H]3CCCN3C)nc3c(F)c(Br)c(Cl)cc3c12. The molecule has 34 heavy (non-hydrogen) atoms. The lowest BCUT2D eigenvalue weighted by molar-refractivity contribution is -0.131. The number of benzene rings is 1. The fraction of sp³-hybridized carbons (Fsp3) is 0.458. The Bertz CT molecular complexity index is 1210. The van der Waals surface area contributed by atoms with Crippen LogP contribution in [-0.2, 0) is 15.0 Å². The summed E-state index contributed by atoms with van der Waals surface area (Å²) in [5, 5.41) is 3.65. The number of likely N-dealkylation sites (tertiary alicyclic amines) is 2. The quantitative estimate of drug-likeness (QED) is 0.454. The van der Waals surface area contributed by atoms with Crippen molar-refractivity contribution < 1.29 is 18.7 Å². The molecular weight excluding hydrogens is 527 g/mol. The first-order valence-electron chi connectivity index (χ1n) is 11.3. The maximum atomic E-state index is 15.4. The Kier molecular flexibility index (Phi) is 6.06. The van der Waals surface area contributed by atoms with E-state index < -0.39 is 11.2 Å². The molecule has 2 amide bonds. The number of anilines is 1. The number of pyridine rings is 1. The minimum atomic E-state index is -0.930. The summed E-state index contributed by atoms with van der Waals surface area (Å²) in [6, 6.07) is 1.88. The van der Waals surface area contributed by atoms with Crippen LogP contribution in [0.2, 0.25) is 5.02 Å². The van der Waals surface area contributed by atoms with Crippen LogP contribution < -0.4 is 10.1 Å². The molecule has 0 unspecified atom stereocenters. The van der Waals surface area contributed by atoms with Gasteiger partial charge in [-0.15, -0.1) is 0 Å². The number of carbonyl (C=O) groups is 2. The van der Waals surface area contributed by atoms with Gasteiger partial charge >= 0.3 is 0 Å². The average Bonchev–Trinajstić information content (AvgIpc) is 3.37. The molecule has 3 aliphatic heterocycles.